The first-order chi connectivity index (χ1) is 8.65. The minimum Gasteiger partial charge on any atom is -0.490 e. The number of halogens is 1. The summed E-state index contributed by atoms with van der Waals surface area (Å²) in [4.78, 5) is 0. The van der Waals surface area contributed by atoms with Crippen molar-refractivity contribution < 1.29 is 4.74 Å². The first-order valence-electron chi connectivity index (χ1n) is 6.85. The minimum absolute atomic E-state index is 0.299. The van der Waals surface area contributed by atoms with Crippen LogP contribution in [0.25, 0.3) is 0 Å². The van der Waals surface area contributed by atoms with Gasteiger partial charge in [-0.05, 0) is 30.7 Å². The van der Waals surface area contributed by atoms with E-state index < -0.39 is 0 Å². The molecule has 3 heteroatoms. The van der Waals surface area contributed by atoms with Gasteiger partial charge in [-0.25, -0.2) is 0 Å². The molecule has 1 heterocycles. The lowest BCUT2D eigenvalue weighted by Crippen LogP contribution is -2.36. The van der Waals surface area contributed by atoms with Crippen molar-refractivity contribution >= 4 is 11.6 Å². The molecule has 1 aliphatic heterocycles. The third kappa shape index (κ3) is 2.81. The lowest BCUT2D eigenvalue weighted by molar-refractivity contribution is 0.0984. The monoisotopic (exact) mass is 267 g/mol. The molecule has 0 spiro atoms. The highest BCUT2D eigenvalue weighted by atomic mass is 35.5. The van der Waals surface area contributed by atoms with Gasteiger partial charge >= 0.3 is 0 Å². The van der Waals surface area contributed by atoms with Gasteiger partial charge in [-0.2, -0.15) is 0 Å². The summed E-state index contributed by atoms with van der Waals surface area (Å²) in [5.41, 5.74) is 1.20. The van der Waals surface area contributed by atoms with Crippen LogP contribution in [0.4, 0.5) is 0 Å². The van der Waals surface area contributed by atoms with Gasteiger partial charge in [-0.3, -0.25) is 0 Å². The summed E-state index contributed by atoms with van der Waals surface area (Å²) in [6, 6.07) is 6.28. The molecule has 0 bridgehead atoms. The third-order valence-electron chi connectivity index (χ3n) is 3.82. The van der Waals surface area contributed by atoms with Crippen molar-refractivity contribution in [3.8, 4) is 5.75 Å². The molecular weight excluding hydrogens is 246 g/mol. The maximum Gasteiger partial charge on any atom is 0.124 e. The van der Waals surface area contributed by atoms with Crippen molar-refractivity contribution in [2.75, 3.05) is 6.54 Å². The van der Waals surface area contributed by atoms with E-state index in [-0.39, 0.29) is 0 Å². The van der Waals surface area contributed by atoms with Crippen LogP contribution in [-0.2, 0) is 0 Å². The molecule has 1 N–H and O–H groups in total. The molecule has 3 unspecified atom stereocenters. The fraction of sp³-hybridized carbons (Fsp3) is 0.600. The number of ether oxygens (including phenoxy) is 1. The fourth-order valence-corrected chi connectivity index (χ4v) is 2.70. The first kappa shape index (κ1) is 13.7. The van der Waals surface area contributed by atoms with Crippen molar-refractivity contribution in [3.05, 3.63) is 28.8 Å². The van der Waals surface area contributed by atoms with Crippen LogP contribution < -0.4 is 10.1 Å². The summed E-state index contributed by atoms with van der Waals surface area (Å²) in [6.45, 7) is 7.57. The van der Waals surface area contributed by atoms with E-state index in [2.05, 4.69) is 26.1 Å². The van der Waals surface area contributed by atoms with Gasteiger partial charge in [0.2, 0.25) is 0 Å². The second-order valence-corrected chi connectivity index (χ2v) is 5.51. The number of hydrogen-bond acceptors (Lipinski definition) is 2. The topological polar surface area (TPSA) is 21.3 Å². The largest absolute Gasteiger partial charge is 0.490 e. The van der Waals surface area contributed by atoms with Gasteiger partial charge in [0.1, 0.15) is 11.9 Å². The van der Waals surface area contributed by atoms with Gasteiger partial charge in [0.05, 0.1) is 0 Å². The maximum atomic E-state index is 6.12. The smallest absolute Gasteiger partial charge is 0.124 e. The van der Waals surface area contributed by atoms with Crippen LogP contribution in [0.1, 0.15) is 45.2 Å². The number of nitrogens with one attached hydrogen (secondary N) is 1. The number of hydrogen-bond donors (Lipinski definition) is 1. The Balaban J connectivity index is 2.28. The zero-order valence-corrected chi connectivity index (χ0v) is 12.1. The molecule has 0 saturated heterocycles. The molecule has 0 aromatic heterocycles. The van der Waals surface area contributed by atoms with Crippen LogP contribution in [0.2, 0.25) is 5.02 Å². The van der Waals surface area contributed by atoms with Gasteiger partial charge in [-0.15, -0.1) is 0 Å². The van der Waals surface area contributed by atoms with E-state index in [1.54, 1.807) is 0 Å². The minimum atomic E-state index is 0.299. The summed E-state index contributed by atoms with van der Waals surface area (Å²) in [5, 5.41) is 4.32. The fourth-order valence-electron chi connectivity index (χ4n) is 2.52. The van der Waals surface area contributed by atoms with Crippen molar-refractivity contribution in [3.63, 3.8) is 0 Å². The Hall–Kier alpha value is -0.730. The Morgan fingerprint density at radius 3 is 2.89 bits per heavy atom. The zero-order valence-electron chi connectivity index (χ0n) is 11.4. The van der Waals surface area contributed by atoms with Crippen LogP contribution >= 0.6 is 11.6 Å². The molecule has 0 radical (unpaired) electrons. The lowest BCUT2D eigenvalue weighted by Gasteiger charge is -2.35. The zero-order chi connectivity index (χ0) is 13.1. The molecular formula is C15H22ClNO. The van der Waals surface area contributed by atoms with E-state index in [0.717, 1.165) is 30.2 Å². The van der Waals surface area contributed by atoms with Crippen molar-refractivity contribution in [1.29, 1.82) is 0 Å². The quantitative estimate of drug-likeness (QED) is 0.883. The highest BCUT2D eigenvalue weighted by Crippen LogP contribution is 2.38. The van der Waals surface area contributed by atoms with Crippen LogP contribution in [-0.4, -0.2) is 12.6 Å². The summed E-state index contributed by atoms with van der Waals surface area (Å²) in [7, 11) is 0. The van der Waals surface area contributed by atoms with Crippen molar-refractivity contribution in [2.24, 2.45) is 5.92 Å². The predicted molar refractivity (Wildman–Crippen MR) is 76.4 cm³/mol. The predicted octanol–water partition coefficient (Wildman–Crippen LogP) is 4.19. The number of benzene rings is 1. The van der Waals surface area contributed by atoms with E-state index in [1.807, 2.05) is 18.2 Å². The summed E-state index contributed by atoms with van der Waals surface area (Å²) >= 11 is 6.09. The van der Waals surface area contributed by atoms with Gasteiger partial charge in [0.15, 0.2) is 0 Å². The van der Waals surface area contributed by atoms with Gasteiger partial charge in [-0.1, -0.05) is 38.8 Å². The van der Waals surface area contributed by atoms with Crippen LogP contribution in [0.15, 0.2) is 18.2 Å². The SMILES string of the molecule is CCNC1CC(C(C)CC)Oc2ccc(Cl)cc21. The highest BCUT2D eigenvalue weighted by Gasteiger charge is 2.30. The molecule has 0 aliphatic carbocycles. The van der Waals surface area contributed by atoms with E-state index >= 15 is 0 Å². The van der Waals surface area contributed by atoms with Crippen molar-refractivity contribution in [1.82, 2.24) is 5.32 Å². The normalized spacial score (nSPS) is 24.2. The van der Waals surface area contributed by atoms with Gasteiger partial charge < -0.3 is 10.1 Å². The molecule has 0 saturated carbocycles. The molecule has 0 fully saturated rings. The Morgan fingerprint density at radius 1 is 1.44 bits per heavy atom. The van der Waals surface area contributed by atoms with Gasteiger partial charge in [0.25, 0.3) is 0 Å². The van der Waals surface area contributed by atoms with Crippen LogP contribution in [0.5, 0.6) is 5.75 Å². The molecule has 18 heavy (non-hydrogen) atoms. The van der Waals surface area contributed by atoms with E-state index in [4.69, 9.17) is 16.3 Å². The lowest BCUT2D eigenvalue weighted by atomic mass is 9.89. The average molecular weight is 268 g/mol. The molecule has 1 aliphatic rings. The van der Waals surface area contributed by atoms with Crippen LogP contribution in [0, 0.1) is 5.92 Å². The summed E-state index contributed by atoms with van der Waals surface area (Å²) < 4.78 is 6.12. The maximum absolute atomic E-state index is 6.12. The first-order valence-corrected chi connectivity index (χ1v) is 7.23. The highest BCUT2D eigenvalue weighted by molar-refractivity contribution is 6.30. The van der Waals surface area contributed by atoms with E-state index in [1.165, 1.54) is 5.56 Å². The Kier molecular flexibility index (Phi) is 4.52. The molecule has 2 rings (SSSR count). The molecule has 100 valence electrons. The van der Waals surface area contributed by atoms with E-state index in [9.17, 15) is 0 Å². The summed E-state index contributed by atoms with van der Waals surface area (Å²) in [5.74, 6) is 1.57. The molecule has 1 aromatic carbocycles. The summed E-state index contributed by atoms with van der Waals surface area (Å²) in [6.07, 6.45) is 2.47. The Bertz CT molecular complexity index is 407. The van der Waals surface area contributed by atoms with Crippen LogP contribution in [0.3, 0.4) is 0 Å². The number of rotatable bonds is 4. The standard InChI is InChI=1S/C15H22ClNO/c1-4-10(3)15-9-13(17-5-2)12-8-11(16)6-7-14(12)18-15/h6-8,10,13,15,17H,4-5,9H2,1-3H3. The Morgan fingerprint density at radius 2 is 2.22 bits per heavy atom. The number of fused-ring (bicyclic) bond motifs is 1. The third-order valence-corrected chi connectivity index (χ3v) is 4.06. The molecule has 3 atom stereocenters. The van der Waals surface area contributed by atoms with Crippen molar-refractivity contribution in [2.45, 2.75) is 45.8 Å². The average Bonchev–Trinajstić information content (AvgIpc) is 2.38. The molecule has 1 aromatic rings. The second-order valence-electron chi connectivity index (χ2n) is 5.07. The second kappa shape index (κ2) is 5.94. The van der Waals surface area contributed by atoms with E-state index in [0.29, 0.717) is 18.1 Å². The molecule has 0 amide bonds. The Labute approximate surface area is 115 Å². The van der Waals surface area contributed by atoms with Gasteiger partial charge in [0, 0.05) is 23.0 Å². The molecule has 2 nitrogen and oxygen atoms in total.